The molecule has 0 fully saturated rings. The highest BCUT2D eigenvalue weighted by atomic mass is 19.1. The van der Waals surface area contributed by atoms with Gasteiger partial charge in [0, 0.05) is 5.54 Å². The number of hydrogen-bond acceptors (Lipinski definition) is 3. The molecule has 1 unspecified atom stereocenters. The summed E-state index contributed by atoms with van der Waals surface area (Å²) in [7, 11) is 1.81. The maximum Gasteiger partial charge on any atom is 0.165 e. The molecule has 0 saturated carbocycles. The van der Waals surface area contributed by atoms with E-state index in [9.17, 15) is 9.50 Å². The summed E-state index contributed by atoms with van der Waals surface area (Å²) in [5.74, 6) is -0.0614. The molecule has 17 heavy (non-hydrogen) atoms. The lowest BCUT2D eigenvalue weighted by molar-refractivity contribution is 0.163. The van der Waals surface area contributed by atoms with Crippen molar-refractivity contribution in [1.29, 1.82) is 0 Å². The number of benzene rings is 1. The molecule has 1 aromatic rings. The normalized spacial score (nSPS) is 14.4. The van der Waals surface area contributed by atoms with Crippen molar-refractivity contribution in [1.82, 2.24) is 5.32 Å². The summed E-state index contributed by atoms with van der Waals surface area (Å²) in [5.41, 5.74) is -0.293. The zero-order chi connectivity index (χ0) is 12.7. The minimum atomic E-state index is -0.342. The average Bonchev–Trinajstić information content (AvgIpc) is 2.36. The summed E-state index contributed by atoms with van der Waals surface area (Å²) in [6.45, 7) is 2.46. The molecule has 0 saturated heterocycles. The maximum absolute atomic E-state index is 13.2. The smallest absolute Gasteiger partial charge is 0.165 e. The van der Waals surface area contributed by atoms with Gasteiger partial charge in [-0.25, -0.2) is 4.39 Å². The third kappa shape index (κ3) is 4.32. The molecular formula is C13H20FNO2. The van der Waals surface area contributed by atoms with Crippen molar-refractivity contribution >= 4 is 0 Å². The van der Waals surface area contributed by atoms with Crippen LogP contribution in [0, 0.1) is 5.82 Å². The quantitative estimate of drug-likeness (QED) is 0.717. The van der Waals surface area contributed by atoms with Crippen LogP contribution in [0.2, 0.25) is 0 Å². The van der Waals surface area contributed by atoms with Crippen molar-refractivity contribution in [3.63, 3.8) is 0 Å². The van der Waals surface area contributed by atoms with E-state index in [4.69, 9.17) is 4.74 Å². The topological polar surface area (TPSA) is 41.5 Å². The molecule has 1 rings (SSSR count). The number of likely N-dealkylation sites (N-methyl/N-ethyl adjacent to an activating group) is 1. The zero-order valence-electron chi connectivity index (χ0n) is 10.4. The second kappa shape index (κ2) is 6.57. The first-order valence-corrected chi connectivity index (χ1v) is 5.78. The van der Waals surface area contributed by atoms with Crippen LogP contribution in [0.1, 0.15) is 19.8 Å². The van der Waals surface area contributed by atoms with Crippen molar-refractivity contribution in [3.05, 3.63) is 30.1 Å². The Bertz CT molecular complexity index is 340. The van der Waals surface area contributed by atoms with Crippen LogP contribution < -0.4 is 10.1 Å². The Morgan fingerprint density at radius 3 is 2.71 bits per heavy atom. The predicted octanol–water partition coefficient (Wildman–Crippen LogP) is 1.96. The van der Waals surface area contributed by atoms with Gasteiger partial charge in [-0.2, -0.15) is 0 Å². The number of rotatable bonds is 7. The van der Waals surface area contributed by atoms with Gasteiger partial charge in [0.05, 0.1) is 13.2 Å². The van der Waals surface area contributed by atoms with Crippen LogP contribution >= 0.6 is 0 Å². The summed E-state index contributed by atoms with van der Waals surface area (Å²) in [4.78, 5) is 0. The van der Waals surface area contributed by atoms with E-state index < -0.39 is 0 Å². The summed E-state index contributed by atoms with van der Waals surface area (Å²) in [6, 6.07) is 6.36. The lowest BCUT2D eigenvalue weighted by atomic mass is 9.97. The van der Waals surface area contributed by atoms with E-state index in [1.54, 1.807) is 18.2 Å². The third-order valence-corrected chi connectivity index (χ3v) is 2.92. The molecule has 96 valence electrons. The van der Waals surface area contributed by atoms with E-state index in [-0.39, 0.29) is 23.7 Å². The zero-order valence-corrected chi connectivity index (χ0v) is 10.4. The van der Waals surface area contributed by atoms with Crippen molar-refractivity contribution in [2.24, 2.45) is 0 Å². The minimum Gasteiger partial charge on any atom is -0.491 e. The van der Waals surface area contributed by atoms with E-state index in [0.717, 1.165) is 12.8 Å². The molecule has 1 atom stereocenters. The van der Waals surface area contributed by atoms with E-state index in [0.29, 0.717) is 6.61 Å². The predicted molar refractivity (Wildman–Crippen MR) is 65.7 cm³/mol. The summed E-state index contributed by atoms with van der Waals surface area (Å²) in [5, 5.41) is 12.2. The first-order chi connectivity index (χ1) is 8.11. The number of ether oxygens (including phenoxy) is 1. The number of aliphatic hydroxyl groups excluding tert-OH is 1. The van der Waals surface area contributed by atoms with E-state index in [1.165, 1.54) is 6.07 Å². The van der Waals surface area contributed by atoms with Crippen LogP contribution in [0.5, 0.6) is 5.75 Å². The first kappa shape index (κ1) is 13.9. The molecule has 0 aliphatic heterocycles. The monoisotopic (exact) mass is 241 g/mol. The second-order valence-corrected chi connectivity index (χ2v) is 4.35. The Morgan fingerprint density at radius 1 is 1.41 bits per heavy atom. The van der Waals surface area contributed by atoms with Crippen LogP contribution in [-0.2, 0) is 0 Å². The van der Waals surface area contributed by atoms with E-state index >= 15 is 0 Å². The lowest BCUT2D eigenvalue weighted by Crippen LogP contribution is -2.43. The third-order valence-electron chi connectivity index (χ3n) is 2.92. The summed E-state index contributed by atoms with van der Waals surface area (Å²) < 4.78 is 18.5. The summed E-state index contributed by atoms with van der Waals surface area (Å²) in [6.07, 6.45) is 1.53. The standard InChI is InChI=1S/C13H20FNO2/c1-13(10-16,15-2)8-5-9-17-12-7-4-3-6-11(12)14/h3-4,6-7,15-16H,5,8-10H2,1-2H3. The molecule has 0 aromatic heterocycles. The molecule has 0 heterocycles. The fourth-order valence-electron chi connectivity index (χ4n) is 1.49. The Hall–Kier alpha value is -1.13. The molecule has 4 heteroatoms. The maximum atomic E-state index is 13.2. The summed E-state index contributed by atoms with van der Waals surface area (Å²) >= 11 is 0. The Balaban J connectivity index is 2.32. The minimum absolute atomic E-state index is 0.0726. The van der Waals surface area contributed by atoms with Gasteiger partial charge in [0.15, 0.2) is 11.6 Å². The molecule has 0 radical (unpaired) electrons. The highest BCUT2D eigenvalue weighted by Gasteiger charge is 2.19. The van der Waals surface area contributed by atoms with Crippen LogP contribution in [0.25, 0.3) is 0 Å². The van der Waals surface area contributed by atoms with Gasteiger partial charge < -0.3 is 15.2 Å². The molecule has 2 N–H and O–H groups in total. The fourth-order valence-corrected chi connectivity index (χ4v) is 1.49. The fraction of sp³-hybridized carbons (Fsp3) is 0.538. The highest BCUT2D eigenvalue weighted by molar-refractivity contribution is 5.23. The van der Waals surface area contributed by atoms with E-state index in [2.05, 4.69) is 5.32 Å². The molecular weight excluding hydrogens is 221 g/mol. The number of aliphatic hydroxyl groups is 1. The van der Waals surface area contributed by atoms with E-state index in [1.807, 2.05) is 14.0 Å². The van der Waals surface area contributed by atoms with Crippen LogP contribution in [-0.4, -0.2) is 30.9 Å². The molecule has 3 nitrogen and oxygen atoms in total. The first-order valence-electron chi connectivity index (χ1n) is 5.78. The van der Waals surface area contributed by atoms with Gasteiger partial charge in [0.25, 0.3) is 0 Å². The number of nitrogens with one attached hydrogen (secondary N) is 1. The van der Waals surface area contributed by atoms with Crippen molar-refractivity contribution < 1.29 is 14.2 Å². The Labute approximate surface area is 102 Å². The van der Waals surface area contributed by atoms with Crippen molar-refractivity contribution in [2.45, 2.75) is 25.3 Å². The van der Waals surface area contributed by atoms with Crippen molar-refractivity contribution in [3.8, 4) is 5.75 Å². The number of halogens is 1. The molecule has 0 aliphatic carbocycles. The molecule has 0 spiro atoms. The second-order valence-electron chi connectivity index (χ2n) is 4.35. The highest BCUT2D eigenvalue weighted by Crippen LogP contribution is 2.17. The average molecular weight is 241 g/mol. The lowest BCUT2D eigenvalue weighted by Gasteiger charge is -2.26. The Kier molecular flexibility index (Phi) is 5.38. The van der Waals surface area contributed by atoms with Gasteiger partial charge in [-0.3, -0.25) is 0 Å². The van der Waals surface area contributed by atoms with Crippen molar-refractivity contribution in [2.75, 3.05) is 20.3 Å². The number of hydrogen-bond donors (Lipinski definition) is 2. The molecule has 1 aromatic carbocycles. The van der Waals surface area contributed by atoms with Gasteiger partial charge in [0.2, 0.25) is 0 Å². The van der Waals surface area contributed by atoms with Gasteiger partial charge in [0.1, 0.15) is 0 Å². The van der Waals surface area contributed by atoms with Crippen LogP contribution in [0.15, 0.2) is 24.3 Å². The Morgan fingerprint density at radius 2 is 2.12 bits per heavy atom. The van der Waals surface area contributed by atoms with Crippen LogP contribution in [0.3, 0.4) is 0 Å². The molecule has 0 amide bonds. The number of para-hydroxylation sites is 1. The van der Waals surface area contributed by atoms with Crippen LogP contribution in [0.4, 0.5) is 4.39 Å². The molecule has 0 aliphatic rings. The SMILES string of the molecule is CNC(C)(CO)CCCOc1ccccc1F. The molecule has 0 bridgehead atoms. The largest absolute Gasteiger partial charge is 0.491 e. The van der Waals surface area contributed by atoms with Gasteiger partial charge in [-0.15, -0.1) is 0 Å². The van der Waals surface area contributed by atoms with Gasteiger partial charge >= 0.3 is 0 Å². The van der Waals surface area contributed by atoms with Gasteiger partial charge in [-0.1, -0.05) is 12.1 Å². The van der Waals surface area contributed by atoms with Gasteiger partial charge in [-0.05, 0) is 38.9 Å².